The number of hydrogen-bond donors (Lipinski definition) is 2. The van der Waals surface area contributed by atoms with Crippen molar-refractivity contribution < 1.29 is 14.3 Å². The van der Waals surface area contributed by atoms with E-state index in [0.717, 1.165) is 0 Å². The number of ether oxygens (including phenoxy) is 1. The van der Waals surface area contributed by atoms with E-state index >= 15 is 0 Å². The number of nitrogens with one attached hydrogen (secondary N) is 1. The zero-order chi connectivity index (χ0) is 9.26. The van der Waals surface area contributed by atoms with Crippen molar-refractivity contribution in [2.45, 2.75) is 13.0 Å². The quantitative estimate of drug-likeness (QED) is 0.678. The molecule has 0 spiro atoms. The molecule has 1 aromatic carbocycles. The second-order valence-corrected chi connectivity index (χ2v) is 2.95. The highest BCUT2D eigenvalue weighted by Crippen LogP contribution is 2.29. The van der Waals surface area contributed by atoms with Crippen LogP contribution in [0.25, 0.3) is 0 Å². The molecule has 70 valence electrons. The van der Waals surface area contributed by atoms with Crippen LogP contribution in [0.4, 0.5) is 4.39 Å². The molecule has 0 saturated carbocycles. The fraction of sp³-hybridized carbons (Fsp3) is 0.333. The maximum atomic E-state index is 13.5. The summed E-state index contributed by atoms with van der Waals surface area (Å²) in [7, 11) is 0. The van der Waals surface area contributed by atoms with E-state index < -0.39 is 0 Å². The molecule has 0 radical (unpaired) electrons. The first kappa shape index (κ1) is 8.47. The Hall–Kier alpha value is -1.13. The number of hydrogen-bond acceptors (Lipinski definition) is 3. The third-order valence-corrected chi connectivity index (χ3v) is 2.16. The summed E-state index contributed by atoms with van der Waals surface area (Å²) in [6.45, 7) is 0.668. The topological polar surface area (TPSA) is 41.5 Å². The summed E-state index contributed by atoms with van der Waals surface area (Å²) in [4.78, 5) is 0. The van der Waals surface area contributed by atoms with Gasteiger partial charge in [-0.05, 0) is 6.07 Å². The van der Waals surface area contributed by atoms with Gasteiger partial charge >= 0.3 is 0 Å². The predicted molar refractivity (Wildman–Crippen MR) is 44.2 cm³/mol. The lowest BCUT2D eigenvalue weighted by molar-refractivity contribution is 0.160. The Morgan fingerprint density at radius 2 is 2.38 bits per heavy atom. The maximum Gasteiger partial charge on any atom is 0.134 e. The number of benzene rings is 1. The van der Waals surface area contributed by atoms with Gasteiger partial charge in [0.05, 0.1) is 6.61 Å². The molecular weight excluding hydrogens is 173 g/mol. The summed E-state index contributed by atoms with van der Waals surface area (Å²) in [5.41, 5.74) is 3.02. The van der Waals surface area contributed by atoms with E-state index in [9.17, 15) is 4.39 Å². The van der Waals surface area contributed by atoms with Gasteiger partial charge in [-0.25, -0.2) is 9.87 Å². The van der Waals surface area contributed by atoms with Crippen molar-refractivity contribution in [2.75, 3.05) is 6.61 Å². The van der Waals surface area contributed by atoms with Crippen molar-refractivity contribution in [3.8, 4) is 5.75 Å². The molecule has 0 unspecified atom stereocenters. The fourth-order valence-corrected chi connectivity index (χ4v) is 1.50. The van der Waals surface area contributed by atoms with Crippen LogP contribution in [0.15, 0.2) is 12.1 Å². The smallest absolute Gasteiger partial charge is 0.134 e. The van der Waals surface area contributed by atoms with Crippen molar-refractivity contribution in [3.05, 3.63) is 29.1 Å². The lowest BCUT2D eigenvalue weighted by atomic mass is 10.1. The molecule has 0 amide bonds. The molecule has 2 rings (SSSR count). The van der Waals surface area contributed by atoms with Gasteiger partial charge in [-0.3, -0.25) is 0 Å². The van der Waals surface area contributed by atoms with Crippen LogP contribution in [0.2, 0.25) is 0 Å². The molecular formula is C9H10FNO2. The Balaban J connectivity index is 2.40. The standard InChI is InChI=1S/C9H10FNO2/c10-9-6(5-11-12)1-2-8-7(9)3-4-13-8/h1-2,11-12H,3-5H2. The van der Waals surface area contributed by atoms with Crippen molar-refractivity contribution in [1.82, 2.24) is 5.48 Å². The SMILES string of the molecule is ONCc1ccc2c(c1F)CCO2. The lowest BCUT2D eigenvalue weighted by Crippen LogP contribution is -2.08. The Kier molecular flexibility index (Phi) is 2.16. The summed E-state index contributed by atoms with van der Waals surface area (Å²) in [5.74, 6) is 0.357. The first-order chi connectivity index (χ1) is 6.33. The number of hydroxylamine groups is 1. The van der Waals surface area contributed by atoms with Gasteiger partial charge in [-0.15, -0.1) is 0 Å². The van der Waals surface area contributed by atoms with Crippen LogP contribution in [-0.2, 0) is 13.0 Å². The zero-order valence-electron chi connectivity index (χ0n) is 7.01. The highest BCUT2D eigenvalue weighted by atomic mass is 19.1. The second-order valence-electron chi connectivity index (χ2n) is 2.95. The maximum absolute atomic E-state index is 13.5. The summed E-state index contributed by atoms with van der Waals surface area (Å²) < 4.78 is 18.7. The molecule has 2 N–H and O–H groups in total. The van der Waals surface area contributed by atoms with Crippen LogP contribution >= 0.6 is 0 Å². The molecule has 1 aromatic rings. The van der Waals surface area contributed by atoms with E-state index in [-0.39, 0.29) is 12.4 Å². The monoisotopic (exact) mass is 183 g/mol. The van der Waals surface area contributed by atoms with Gasteiger partial charge in [-0.1, -0.05) is 6.07 Å². The predicted octanol–water partition coefficient (Wildman–Crippen LogP) is 1.24. The molecule has 0 aromatic heterocycles. The van der Waals surface area contributed by atoms with E-state index in [1.54, 1.807) is 12.1 Å². The molecule has 0 fully saturated rings. The molecule has 13 heavy (non-hydrogen) atoms. The van der Waals surface area contributed by atoms with E-state index in [0.29, 0.717) is 29.9 Å². The van der Waals surface area contributed by atoms with E-state index in [1.165, 1.54) is 0 Å². The van der Waals surface area contributed by atoms with E-state index in [4.69, 9.17) is 9.94 Å². The van der Waals surface area contributed by atoms with Crippen molar-refractivity contribution in [1.29, 1.82) is 0 Å². The highest BCUT2D eigenvalue weighted by molar-refractivity contribution is 5.41. The minimum absolute atomic E-state index is 0.124. The average Bonchev–Trinajstić information content (AvgIpc) is 2.58. The highest BCUT2D eigenvalue weighted by Gasteiger charge is 2.18. The molecule has 1 aliphatic heterocycles. The first-order valence-corrected chi connectivity index (χ1v) is 4.13. The largest absolute Gasteiger partial charge is 0.493 e. The Morgan fingerprint density at radius 1 is 1.54 bits per heavy atom. The minimum Gasteiger partial charge on any atom is -0.493 e. The van der Waals surface area contributed by atoms with Gasteiger partial charge < -0.3 is 9.94 Å². The van der Waals surface area contributed by atoms with Crippen LogP contribution in [0.5, 0.6) is 5.75 Å². The Labute approximate surface area is 75.1 Å². The third kappa shape index (κ3) is 1.38. The number of halogens is 1. The first-order valence-electron chi connectivity index (χ1n) is 4.13. The van der Waals surface area contributed by atoms with E-state index in [1.807, 2.05) is 5.48 Å². The Bertz CT molecular complexity index is 328. The van der Waals surface area contributed by atoms with Gasteiger partial charge in [0.2, 0.25) is 0 Å². The third-order valence-electron chi connectivity index (χ3n) is 2.16. The van der Waals surface area contributed by atoms with Crippen LogP contribution in [0.3, 0.4) is 0 Å². The van der Waals surface area contributed by atoms with Crippen LogP contribution in [0.1, 0.15) is 11.1 Å². The Morgan fingerprint density at radius 3 is 3.15 bits per heavy atom. The van der Waals surface area contributed by atoms with Crippen LogP contribution in [0, 0.1) is 5.82 Å². The van der Waals surface area contributed by atoms with E-state index in [2.05, 4.69) is 0 Å². The van der Waals surface area contributed by atoms with Crippen LogP contribution in [-0.4, -0.2) is 11.8 Å². The van der Waals surface area contributed by atoms with Crippen molar-refractivity contribution in [2.24, 2.45) is 0 Å². The summed E-state index contributed by atoms with van der Waals surface area (Å²) in [6.07, 6.45) is 0.612. The second kappa shape index (κ2) is 3.32. The van der Waals surface area contributed by atoms with Crippen LogP contribution < -0.4 is 10.2 Å². The fourth-order valence-electron chi connectivity index (χ4n) is 1.50. The zero-order valence-corrected chi connectivity index (χ0v) is 7.01. The van der Waals surface area contributed by atoms with Crippen molar-refractivity contribution in [3.63, 3.8) is 0 Å². The molecule has 3 nitrogen and oxygen atoms in total. The molecule has 1 heterocycles. The normalized spacial score (nSPS) is 14.0. The van der Waals surface area contributed by atoms with Gasteiger partial charge in [0.15, 0.2) is 0 Å². The molecule has 1 aliphatic rings. The lowest BCUT2D eigenvalue weighted by Gasteiger charge is -2.05. The average molecular weight is 183 g/mol. The molecule has 4 heteroatoms. The number of fused-ring (bicyclic) bond motifs is 1. The summed E-state index contributed by atoms with van der Waals surface area (Å²) in [6, 6.07) is 3.35. The minimum atomic E-state index is -0.267. The van der Waals surface area contributed by atoms with Gasteiger partial charge in [0.1, 0.15) is 11.6 Å². The molecule has 0 atom stereocenters. The van der Waals surface area contributed by atoms with Gasteiger partial charge in [0, 0.05) is 24.1 Å². The van der Waals surface area contributed by atoms with Crippen molar-refractivity contribution >= 4 is 0 Å². The van der Waals surface area contributed by atoms with Gasteiger partial charge in [0.25, 0.3) is 0 Å². The number of rotatable bonds is 2. The molecule has 0 aliphatic carbocycles. The van der Waals surface area contributed by atoms with Gasteiger partial charge in [-0.2, -0.15) is 0 Å². The molecule has 0 bridgehead atoms. The summed E-state index contributed by atoms with van der Waals surface area (Å²) >= 11 is 0. The molecule has 0 saturated heterocycles. The summed E-state index contributed by atoms with van der Waals surface area (Å²) in [5, 5.41) is 8.44.